The molecule has 1 fully saturated rings. The number of hydrogen-bond acceptors (Lipinski definition) is 4. The lowest BCUT2D eigenvalue weighted by Gasteiger charge is -2.39. The van der Waals surface area contributed by atoms with Gasteiger partial charge in [0.1, 0.15) is 5.75 Å². The van der Waals surface area contributed by atoms with Crippen LogP contribution >= 0.6 is 23.2 Å². The predicted octanol–water partition coefficient (Wildman–Crippen LogP) is 5.77. The van der Waals surface area contributed by atoms with Gasteiger partial charge in [0, 0.05) is 35.2 Å². The number of amides is 1. The normalized spacial score (nSPS) is 18.5. The van der Waals surface area contributed by atoms with Gasteiger partial charge < -0.3 is 10.1 Å². The van der Waals surface area contributed by atoms with Crippen LogP contribution in [0.15, 0.2) is 42.5 Å². The van der Waals surface area contributed by atoms with Crippen molar-refractivity contribution in [3.05, 3.63) is 63.6 Å². The van der Waals surface area contributed by atoms with E-state index in [1.165, 1.54) is 12.5 Å². The Labute approximate surface area is 201 Å². The van der Waals surface area contributed by atoms with Crippen molar-refractivity contribution in [2.45, 2.75) is 59.2 Å². The Morgan fingerprint density at radius 3 is 2.47 bits per heavy atom. The second-order valence-corrected chi connectivity index (χ2v) is 8.81. The number of Topliss-reactive ketones (excluding diaryl/α,β-unsaturated/α-hetero) is 1. The Bertz CT molecular complexity index is 918. The number of nitrogens with one attached hydrogen (secondary N) is 1. The number of ketones is 1. The van der Waals surface area contributed by atoms with Gasteiger partial charge in [-0.25, -0.2) is 0 Å². The first-order valence-electron chi connectivity index (χ1n) is 10.6. The number of rotatable bonds is 8. The van der Waals surface area contributed by atoms with E-state index in [1.807, 2.05) is 12.1 Å². The fourth-order valence-electron chi connectivity index (χ4n) is 4.00. The summed E-state index contributed by atoms with van der Waals surface area (Å²) in [6, 6.07) is 13.3. The van der Waals surface area contributed by atoms with Crippen molar-refractivity contribution in [1.29, 1.82) is 0 Å². The number of hydrogen-bond donors (Lipinski definition) is 1. The summed E-state index contributed by atoms with van der Waals surface area (Å²) in [5.41, 5.74) is 1.62. The van der Waals surface area contributed by atoms with Crippen LogP contribution in [0.4, 0.5) is 0 Å². The minimum Gasteiger partial charge on any atom is -0.483 e. The number of carbonyl (C=O) groups is 2. The van der Waals surface area contributed by atoms with E-state index >= 15 is 0 Å². The second kappa shape index (κ2) is 12.2. The maximum absolute atomic E-state index is 12.5. The average Bonchev–Trinajstić information content (AvgIpc) is 2.75. The van der Waals surface area contributed by atoms with Crippen LogP contribution in [0.3, 0.4) is 0 Å². The lowest BCUT2D eigenvalue weighted by atomic mass is 9.94. The lowest BCUT2D eigenvalue weighted by molar-refractivity contribution is -0.124. The van der Waals surface area contributed by atoms with Crippen LogP contribution < -0.4 is 10.1 Å². The predicted molar refractivity (Wildman–Crippen MR) is 131 cm³/mol. The standard InChI is InChI=1S/C24H28Cl2N2O3.CH4/c1-3-21-13-20(10-11-28(21)14-17-4-6-18(25)7-5-17)27-24(30)15-31-23-9-8-19(26)12-22(23)16(2)29;/h4-9,12,20-21H,3,10-11,13-15H2,1-2H3,(H,27,30);1H4/t20-,21-;/m1./s1. The van der Waals surface area contributed by atoms with E-state index in [2.05, 4.69) is 29.3 Å². The van der Waals surface area contributed by atoms with Gasteiger partial charge in [0.2, 0.25) is 0 Å². The molecule has 3 rings (SSSR count). The third-order valence-electron chi connectivity index (χ3n) is 5.65. The second-order valence-electron chi connectivity index (χ2n) is 7.93. The maximum atomic E-state index is 12.5. The molecule has 0 spiro atoms. The van der Waals surface area contributed by atoms with E-state index in [0.717, 1.165) is 37.4 Å². The van der Waals surface area contributed by atoms with Crippen LogP contribution in [0.1, 0.15) is 56.5 Å². The quantitative estimate of drug-likeness (QED) is 0.489. The van der Waals surface area contributed by atoms with Gasteiger partial charge in [-0.15, -0.1) is 0 Å². The third-order valence-corrected chi connectivity index (χ3v) is 6.14. The molecule has 1 aliphatic rings. The minimum absolute atomic E-state index is 0. The molecule has 0 unspecified atom stereocenters. The average molecular weight is 479 g/mol. The van der Waals surface area contributed by atoms with Crippen molar-refractivity contribution in [2.75, 3.05) is 13.2 Å². The number of halogens is 2. The summed E-state index contributed by atoms with van der Waals surface area (Å²) in [6.07, 6.45) is 2.80. The Morgan fingerprint density at radius 1 is 1.12 bits per heavy atom. The summed E-state index contributed by atoms with van der Waals surface area (Å²) in [7, 11) is 0. The molecule has 1 aliphatic heterocycles. The first-order valence-corrected chi connectivity index (χ1v) is 11.3. The van der Waals surface area contributed by atoms with Gasteiger partial charge in [0.05, 0.1) is 5.56 Å². The number of ether oxygens (including phenoxy) is 1. The van der Waals surface area contributed by atoms with Gasteiger partial charge in [-0.05, 0) is 62.1 Å². The van der Waals surface area contributed by atoms with Crippen LogP contribution in [0, 0.1) is 0 Å². The summed E-state index contributed by atoms with van der Waals surface area (Å²) in [6.45, 7) is 5.28. The zero-order chi connectivity index (χ0) is 22.4. The van der Waals surface area contributed by atoms with Crippen molar-refractivity contribution < 1.29 is 14.3 Å². The fraction of sp³-hybridized carbons (Fsp3) is 0.440. The Balaban J connectivity index is 0.00000363. The van der Waals surface area contributed by atoms with E-state index in [0.29, 0.717) is 22.4 Å². The number of likely N-dealkylation sites (tertiary alicyclic amines) is 1. The first kappa shape index (κ1) is 26.2. The molecule has 0 aliphatic carbocycles. The van der Waals surface area contributed by atoms with E-state index in [4.69, 9.17) is 27.9 Å². The summed E-state index contributed by atoms with van der Waals surface area (Å²) in [4.78, 5) is 26.7. The van der Waals surface area contributed by atoms with Crippen LogP contribution in [0.5, 0.6) is 5.75 Å². The highest BCUT2D eigenvalue weighted by molar-refractivity contribution is 6.31. The van der Waals surface area contributed by atoms with E-state index in [-0.39, 0.29) is 31.8 Å². The minimum atomic E-state index is -0.185. The molecular weight excluding hydrogens is 447 g/mol. The molecular formula is C25H32Cl2N2O3. The maximum Gasteiger partial charge on any atom is 0.258 e. The molecule has 2 aromatic rings. The smallest absolute Gasteiger partial charge is 0.258 e. The molecule has 174 valence electrons. The van der Waals surface area contributed by atoms with Crippen molar-refractivity contribution in [2.24, 2.45) is 0 Å². The zero-order valence-electron chi connectivity index (χ0n) is 17.9. The Kier molecular flexibility index (Phi) is 10.0. The molecule has 0 aromatic heterocycles. The molecule has 2 aromatic carbocycles. The van der Waals surface area contributed by atoms with Crippen LogP contribution in [-0.4, -0.2) is 41.8 Å². The summed E-state index contributed by atoms with van der Waals surface area (Å²) in [5.74, 6) is 0.0310. The Morgan fingerprint density at radius 2 is 1.81 bits per heavy atom. The highest BCUT2D eigenvalue weighted by atomic mass is 35.5. The molecule has 1 heterocycles. The van der Waals surface area contributed by atoms with Gasteiger partial charge in [-0.2, -0.15) is 0 Å². The number of benzene rings is 2. The topological polar surface area (TPSA) is 58.6 Å². The molecule has 1 saturated heterocycles. The molecule has 2 atom stereocenters. The van der Waals surface area contributed by atoms with E-state index in [1.54, 1.807) is 18.2 Å². The van der Waals surface area contributed by atoms with Gasteiger partial charge in [0.15, 0.2) is 12.4 Å². The highest BCUT2D eigenvalue weighted by Crippen LogP contribution is 2.25. The van der Waals surface area contributed by atoms with E-state index < -0.39 is 0 Å². The SMILES string of the molecule is C.CC[C@@H]1C[C@H](NC(=O)COc2ccc(Cl)cc2C(C)=O)CCN1Cc1ccc(Cl)cc1. The van der Waals surface area contributed by atoms with E-state index in [9.17, 15) is 9.59 Å². The Hall–Kier alpha value is -2.08. The molecule has 0 radical (unpaired) electrons. The number of carbonyl (C=O) groups excluding carboxylic acids is 2. The van der Waals surface area contributed by atoms with Gasteiger partial charge in [0.25, 0.3) is 5.91 Å². The van der Waals surface area contributed by atoms with Gasteiger partial charge in [-0.3, -0.25) is 14.5 Å². The van der Waals surface area contributed by atoms with Gasteiger partial charge >= 0.3 is 0 Å². The summed E-state index contributed by atoms with van der Waals surface area (Å²) >= 11 is 11.9. The lowest BCUT2D eigenvalue weighted by Crippen LogP contribution is -2.50. The summed E-state index contributed by atoms with van der Waals surface area (Å²) in [5, 5.41) is 4.29. The number of nitrogens with zero attached hydrogens (tertiary/aromatic N) is 1. The van der Waals surface area contributed by atoms with Crippen LogP contribution in [0.25, 0.3) is 0 Å². The van der Waals surface area contributed by atoms with Crippen molar-refractivity contribution >= 4 is 34.9 Å². The molecule has 5 nitrogen and oxygen atoms in total. The molecule has 7 heteroatoms. The van der Waals surface area contributed by atoms with Crippen LogP contribution in [-0.2, 0) is 11.3 Å². The molecule has 1 amide bonds. The molecule has 0 saturated carbocycles. The first-order chi connectivity index (χ1) is 14.9. The van der Waals surface area contributed by atoms with Crippen molar-refractivity contribution in [1.82, 2.24) is 10.2 Å². The monoisotopic (exact) mass is 478 g/mol. The number of piperidine rings is 1. The van der Waals surface area contributed by atoms with Crippen LogP contribution in [0.2, 0.25) is 10.0 Å². The third kappa shape index (κ3) is 7.22. The van der Waals surface area contributed by atoms with Gasteiger partial charge in [-0.1, -0.05) is 49.7 Å². The van der Waals surface area contributed by atoms with Crippen molar-refractivity contribution in [3.8, 4) is 5.75 Å². The largest absolute Gasteiger partial charge is 0.483 e. The molecule has 0 bridgehead atoms. The fourth-order valence-corrected chi connectivity index (χ4v) is 4.30. The zero-order valence-corrected chi connectivity index (χ0v) is 19.4. The molecule has 32 heavy (non-hydrogen) atoms. The molecule has 1 N–H and O–H groups in total. The summed E-state index contributed by atoms with van der Waals surface area (Å²) < 4.78 is 5.61. The highest BCUT2D eigenvalue weighted by Gasteiger charge is 2.28. The van der Waals surface area contributed by atoms with Crippen molar-refractivity contribution in [3.63, 3.8) is 0 Å².